The monoisotopic (exact) mass is 381 g/mol. The van der Waals surface area contributed by atoms with Crippen molar-refractivity contribution >= 4 is 23.3 Å². The minimum atomic E-state index is -0.295. The highest BCUT2D eigenvalue weighted by Crippen LogP contribution is 2.21. The molecule has 2 N–H and O–H groups in total. The van der Waals surface area contributed by atoms with Crippen molar-refractivity contribution in [2.24, 2.45) is 0 Å². The van der Waals surface area contributed by atoms with Gasteiger partial charge in [-0.3, -0.25) is 14.7 Å². The second kappa shape index (κ2) is 7.50. The number of hydrogen-bond acceptors (Lipinski definition) is 6. The van der Waals surface area contributed by atoms with E-state index in [4.69, 9.17) is 4.42 Å². The molecule has 9 heteroatoms. The Morgan fingerprint density at radius 1 is 1.19 bits per heavy atom. The highest BCUT2D eigenvalue weighted by Gasteiger charge is 2.14. The molecule has 0 bridgehead atoms. The van der Waals surface area contributed by atoms with E-state index in [1.165, 1.54) is 28.6 Å². The van der Waals surface area contributed by atoms with Crippen LogP contribution >= 0.6 is 11.8 Å². The Kier molecular flexibility index (Phi) is 4.75. The van der Waals surface area contributed by atoms with Crippen LogP contribution in [0.25, 0.3) is 17.2 Å². The van der Waals surface area contributed by atoms with Crippen LogP contribution in [-0.4, -0.2) is 31.2 Å². The summed E-state index contributed by atoms with van der Waals surface area (Å²) in [5.41, 5.74) is 1.14. The van der Waals surface area contributed by atoms with Gasteiger partial charge in [0.2, 0.25) is 5.91 Å². The maximum Gasteiger partial charge on any atom is 0.266 e. The average molecular weight is 381 g/mol. The summed E-state index contributed by atoms with van der Waals surface area (Å²) in [4.78, 5) is 32.6. The van der Waals surface area contributed by atoms with Crippen LogP contribution in [0.4, 0.5) is 0 Å². The first-order chi connectivity index (χ1) is 13.2. The van der Waals surface area contributed by atoms with E-state index in [1.807, 2.05) is 30.3 Å². The van der Waals surface area contributed by atoms with Gasteiger partial charge in [0.05, 0.1) is 12.0 Å². The maximum absolute atomic E-state index is 12.2. The lowest BCUT2D eigenvalue weighted by Gasteiger charge is -2.07. The lowest BCUT2D eigenvalue weighted by Crippen LogP contribution is -2.24. The molecular formula is C18H15N5O3S. The largest absolute Gasteiger partial charge is 0.461 e. The predicted octanol–water partition coefficient (Wildman–Crippen LogP) is 2.09. The molecule has 0 fully saturated rings. The molecule has 0 saturated carbocycles. The maximum atomic E-state index is 12.2. The van der Waals surface area contributed by atoms with Gasteiger partial charge >= 0.3 is 0 Å². The van der Waals surface area contributed by atoms with E-state index in [-0.39, 0.29) is 17.2 Å². The number of carbonyl (C=O) groups excluding carboxylic acids is 1. The number of aromatic nitrogens is 4. The van der Waals surface area contributed by atoms with Crippen LogP contribution < -0.4 is 10.9 Å². The first kappa shape index (κ1) is 17.1. The minimum absolute atomic E-state index is 0.135. The summed E-state index contributed by atoms with van der Waals surface area (Å²) < 4.78 is 6.79. The fourth-order valence-electron chi connectivity index (χ4n) is 2.47. The number of carbonyl (C=O) groups is 1. The summed E-state index contributed by atoms with van der Waals surface area (Å²) in [7, 11) is 0. The third-order valence-electron chi connectivity index (χ3n) is 3.73. The standard InChI is InChI=1S/C18H15N5O3S/c24-15-9-14-20-17(13-7-4-8-26-13)21-18(23(14)22-15)27-11-16(25)19-10-12-5-2-1-3-6-12/h1-9H,10-11H2,(H,19,25)(H,22,24). The summed E-state index contributed by atoms with van der Waals surface area (Å²) in [5, 5.41) is 5.94. The fourth-order valence-corrected chi connectivity index (χ4v) is 3.26. The molecule has 1 amide bonds. The number of hydrogen-bond donors (Lipinski definition) is 2. The Hall–Kier alpha value is -3.33. The molecule has 0 aliphatic rings. The van der Waals surface area contributed by atoms with Crippen molar-refractivity contribution in [1.29, 1.82) is 0 Å². The van der Waals surface area contributed by atoms with Crippen LogP contribution in [0.1, 0.15) is 5.56 Å². The van der Waals surface area contributed by atoms with Crippen molar-refractivity contribution in [3.05, 3.63) is 70.7 Å². The van der Waals surface area contributed by atoms with Crippen molar-refractivity contribution in [2.75, 3.05) is 5.75 Å². The molecule has 1 aromatic carbocycles. The molecule has 4 aromatic rings. The minimum Gasteiger partial charge on any atom is -0.461 e. The number of thioether (sulfide) groups is 1. The second-order valence-electron chi connectivity index (χ2n) is 5.67. The number of fused-ring (bicyclic) bond motifs is 1. The van der Waals surface area contributed by atoms with E-state index < -0.39 is 0 Å². The second-order valence-corrected chi connectivity index (χ2v) is 6.61. The smallest absolute Gasteiger partial charge is 0.266 e. The molecule has 136 valence electrons. The molecule has 3 aromatic heterocycles. The molecule has 0 saturated heterocycles. The number of aromatic amines is 1. The Balaban J connectivity index is 1.50. The average Bonchev–Trinajstić information content (AvgIpc) is 3.34. The van der Waals surface area contributed by atoms with Crippen LogP contribution in [-0.2, 0) is 11.3 Å². The van der Waals surface area contributed by atoms with Crippen molar-refractivity contribution in [2.45, 2.75) is 11.7 Å². The zero-order valence-corrected chi connectivity index (χ0v) is 14.9. The van der Waals surface area contributed by atoms with E-state index >= 15 is 0 Å². The van der Waals surface area contributed by atoms with Gasteiger partial charge in [0.15, 0.2) is 22.4 Å². The zero-order chi connectivity index (χ0) is 18.6. The van der Waals surface area contributed by atoms with Crippen molar-refractivity contribution < 1.29 is 9.21 Å². The third-order valence-corrected chi connectivity index (χ3v) is 4.67. The third kappa shape index (κ3) is 3.93. The molecule has 0 radical (unpaired) electrons. The van der Waals surface area contributed by atoms with E-state index in [2.05, 4.69) is 20.4 Å². The number of benzene rings is 1. The van der Waals surface area contributed by atoms with Gasteiger partial charge in [-0.2, -0.15) is 4.98 Å². The van der Waals surface area contributed by atoms with E-state index in [0.717, 1.165) is 5.56 Å². The quantitative estimate of drug-likeness (QED) is 0.496. The highest BCUT2D eigenvalue weighted by atomic mass is 32.2. The van der Waals surface area contributed by atoms with Gasteiger partial charge in [-0.05, 0) is 17.7 Å². The highest BCUT2D eigenvalue weighted by molar-refractivity contribution is 7.99. The molecule has 0 aliphatic heterocycles. The van der Waals surface area contributed by atoms with Crippen LogP contribution in [0.5, 0.6) is 0 Å². The van der Waals surface area contributed by atoms with Gasteiger partial charge in [0.1, 0.15) is 0 Å². The number of amides is 1. The van der Waals surface area contributed by atoms with Crippen LogP contribution in [0.15, 0.2) is 69.2 Å². The number of nitrogens with zero attached hydrogens (tertiary/aromatic N) is 3. The van der Waals surface area contributed by atoms with E-state index in [1.54, 1.807) is 12.1 Å². The van der Waals surface area contributed by atoms with Crippen LogP contribution in [0.2, 0.25) is 0 Å². The molecule has 0 spiro atoms. The van der Waals surface area contributed by atoms with Gasteiger partial charge in [-0.15, -0.1) is 0 Å². The molecule has 0 aliphatic carbocycles. The van der Waals surface area contributed by atoms with Crippen LogP contribution in [0, 0.1) is 0 Å². The van der Waals surface area contributed by atoms with Crippen molar-refractivity contribution in [3.8, 4) is 11.6 Å². The Morgan fingerprint density at radius 2 is 2.04 bits per heavy atom. The predicted molar refractivity (Wildman–Crippen MR) is 100 cm³/mol. The lowest BCUT2D eigenvalue weighted by molar-refractivity contribution is -0.118. The van der Waals surface area contributed by atoms with Gasteiger partial charge in [-0.1, -0.05) is 42.1 Å². The topological polar surface area (TPSA) is 105 Å². The molecule has 0 atom stereocenters. The molecule has 0 unspecified atom stereocenters. The molecule has 3 heterocycles. The Morgan fingerprint density at radius 3 is 2.81 bits per heavy atom. The van der Waals surface area contributed by atoms with Crippen LogP contribution in [0.3, 0.4) is 0 Å². The van der Waals surface area contributed by atoms with Crippen molar-refractivity contribution in [1.82, 2.24) is 24.9 Å². The molecular weight excluding hydrogens is 366 g/mol. The molecule has 4 rings (SSSR count). The number of nitrogens with one attached hydrogen (secondary N) is 2. The number of furan rings is 1. The number of H-pyrrole nitrogens is 1. The van der Waals surface area contributed by atoms with Gasteiger partial charge in [0, 0.05) is 12.6 Å². The normalized spacial score (nSPS) is 11.0. The molecule has 8 nitrogen and oxygen atoms in total. The van der Waals surface area contributed by atoms with Gasteiger partial charge in [0.25, 0.3) is 5.56 Å². The first-order valence-corrected chi connectivity index (χ1v) is 9.15. The van der Waals surface area contributed by atoms with E-state index in [9.17, 15) is 9.59 Å². The van der Waals surface area contributed by atoms with E-state index in [0.29, 0.717) is 28.9 Å². The SMILES string of the molecule is O=C(CSc1nc(-c2ccco2)nc2cc(=O)[nH]n12)NCc1ccccc1. The summed E-state index contributed by atoms with van der Waals surface area (Å²) >= 11 is 1.21. The zero-order valence-electron chi connectivity index (χ0n) is 14.1. The fraction of sp³-hybridized carbons (Fsp3) is 0.111. The van der Waals surface area contributed by atoms with Crippen molar-refractivity contribution in [3.63, 3.8) is 0 Å². The Bertz CT molecular complexity index is 1120. The molecule has 27 heavy (non-hydrogen) atoms. The lowest BCUT2D eigenvalue weighted by atomic mass is 10.2. The summed E-state index contributed by atoms with van der Waals surface area (Å²) in [5.74, 6) is 0.855. The summed E-state index contributed by atoms with van der Waals surface area (Å²) in [6, 6.07) is 14.5. The van der Waals surface area contributed by atoms with Gasteiger partial charge < -0.3 is 9.73 Å². The summed E-state index contributed by atoms with van der Waals surface area (Å²) in [6.07, 6.45) is 1.52. The first-order valence-electron chi connectivity index (χ1n) is 8.16. The van der Waals surface area contributed by atoms with Gasteiger partial charge in [-0.25, -0.2) is 9.50 Å². The number of rotatable bonds is 6. The Labute approximate surface area is 157 Å². The summed E-state index contributed by atoms with van der Waals surface area (Å²) in [6.45, 7) is 0.456.